The maximum absolute atomic E-state index is 13.4. The number of halogens is 1. The van der Waals surface area contributed by atoms with Crippen LogP contribution in [0.25, 0.3) is 11.0 Å². The standard InChI is InChI=1S/C14H18FN3O/c1-14(2)8-10(5-6-19-14)18-12-7-9(15)3-4-11(12)17-13(18)16/h3-4,7,10H,5-6,8H2,1-2H3,(H2,16,17). The van der Waals surface area contributed by atoms with Gasteiger partial charge in [0.25, 0.3) is 0 Å². The molecule has 19 heavy (non-hydrogen) atoms. The van der Waals surface area contributed by atoms with Gasteiger partial charge in [0.1, 0.15) is 5.82 Å². The third-order valence-corrected chi connectivity index (χ3v) is 3.72. The smallest absolute Gasteiger partial charge is 0.201 e. The van der Waals surface area contributed by atoms with Crippen LogP contribution in [0.2, 0.25) is 0 Å². The van der Waals surface area contributed by atoms with Crippen LogP contribution in [0.5, 0.6) is 0 Å². The van der Waals surface area contributed by atoms with E-state index in [0.717, 1.165) is 23.9 Å². The lowest BCUT2D eigenvalue weighted by molar-refractivity contribution is -0.0682. The van der Waals surface area contributed by atoms with Crippen LogP contribution >= 0.6 is 0 Å². The number of hydrogen-bond donors (Lipinski definition) is 1. The number of rotatable bonds is 1. The molecule has 0 bridgehead atoms. The van der Waals surface area contributed by atoms with E-state index in [1.807, 2.05) is 4.57 Å². The van der Waals surface area contributed by atoms with E-state index in [-0.39, 0.29) is 17.5 Å². The molecule has 5 heteroatoms. The Labute approximate surface area is 111 Å². The van der Waals surface area contributed by atoms with E-state index in [2.05, 4.69) is 18.8 Å². The van der Waals surface area contributed by atoms with Gasteiger partial charge in [-0.2, -0.15) is 0 Å². The lowest BCUT2D eigenvalue weighted by Gasteiger charge is -2.36. The van der Waals surface area contributed by atoms with Crippen molar-refractivity contribution in [3.8, 4) is 0 Å². The highest BCUT2D eigenvalue weighted by atomic mass is 19.1. The van der Waals surface area contributed by atoms with E-state index in [1.54, 1.807) is 6.07 Å². The molecule has 1 aromatic heterocycles. The fourth-order valence-corrected chi connectivity index (χ4v) is 2.89. The summed E-state index contributed by atoms with van der Waals surface area (Å²) >= 11 is 0. The molecular weight excluding hydrogens is 245 g/mol. The van der Waals surface area contributed by atoms with Crippen LogP contribution in [0.15, 0.2) is 18.2 Å². The number of nitrogens with two attached hydrogens (primary N) is 1. The van der Waals surface area contributed by atoms with Crippen molar-refractivity contribution in [3.05, 3.63) is 24.0 Å². The van der Waals surface area contributed by atoms with Gasteiger partial charge >= 0.3 is 0 Å². The molecule has 0 amide bonds. The first-order valence-electron chi connectivity index (χ1n) is 6.53. The van der Waals surface area contributed by atoms with Gasteiger partial charge in [-0.05, 0) is 44.9 Å². The number of fused-ring (bicyclic) bond motifs is 1. The van der Waals surface area contributed by atoms with Gasteiger partial charge < -0.3 is 15.0 Å². The summed E-state index contributed by atoms with van der Waals surface area (Å²) in [5.41, 5.74) is 7.33. The first-order chi connectivity index (χ1) is 8.96. The third-order valence-electron chi connectivity index (χ3n) is 3.72. The van der Waals surface area contributed by atoms with Gasteiger partial charge in [0.05, 0.1) is 16.6 Å². The number of imidazole rings is 1. The number of hydrogen-bond acceptors (Lipinski definition) is 3. The second kappa shape index (κ2) is 4.20. The third kappa shape index (κ3) is 2.18. The van der Waals surface area contributed by atoms with Gasteiger partial charge in [-0.25, -0.2) is 9.37 Å². The average molecular weight is 263 g/mol. The van der Waals surface area contributed by atoms with Crippen molar-refractivity contribution < 1.29 is 9.13 Å². The molecule has 102 valence electrons. The van der Waals surface area contributed by atoms with Crippen LogP contribution in [0.3, 0.4) is 0 Å². The Hall–Kier alpha value is -1.62. The van der Waals surface area contributed by atoms with Crippen molar-refractivity contribution in [2.75, 3.05) is 12.3 Å². The van der Waals surface area contributed by atoms with Gasteiger partial charge in [0.2, 0.25) is 5.95 Å². The number of aromatic nitrogens is 2. The predicted molar refractivity (Wildman–Crippen MR) is 72.4 cm³/mol. The molecule has 1 aliphatic heterocycles. The topological polar surface area (TPSA) is 53.1 Å². The second-order valence-electron chi connectivity index (χ2n) is 5.73. The van der Waals surface area contributed by atoms with Gasteiger partial charge in [0, 0.05) is 12.6 Å². The van der Waals surface area contributed by atoms with E-state index in [4.69, 9.17) is 10.5 Å². The summed E-state index contributed by atoms with van der Waals surface area (Å²) in [6.45, 7) is 4.82. The Bertz CT molecular complexity index is 620. The molecule has 1 aromatic carbocycles. The quantitative estimate of drug-likeness (QED) is 0.860. The molecule has 0 aliphatic carbocycles. The van der Waals surface area contributed by atoms with Crippen molar-refractivity contribution >= 4 is 17.0 Å². The normalized spacial score (nSPS) is 22.8. The molecule has 1 aliphatic rings. The van der Waals surface area contributed by atoms with Crippen molar-refractivity contribution in [2.45, 2.75) is 38.3 Å². The summed E-state index contributed by atoms with van der Waals surface area (Å²) in [7, 11) is 0. The summed E-state index contributed by atoms with van der Waals surface area (Å²) in [6.07, 6.45) is 1.72. The minimum absolute atomic E-state index is 0.181. The summed E-state index contributed by atoms with van der Waals surface area (Å²) < 4.78 is 21.1. The molecule has 1 atom stereocenters. The van der Waals surface area contributed by atoms with E-state index in [9.17, 15) is 4.39 Å². The summed E-state index contributed by atoms with van der Waals surface area (Å²) in [5, 5.41) is 0. The zero-order chi connectivity index (χ0) is 13.6. The molecule has 2 heterocycles. The number of nitrogen functional groups attached to an aromatic ring is 1. The molecule has 2 aromatic rings. The highest BCUT2D eigenvalue weighted by Crippen LogP contribution is 2.35. The molecule has 1 saturated heterocycles. The van der Waals surface area contributed by atoms with E-state index in [1.165, 1.54) is 12.1 Å². The number of nitrogens with zero attached hydrogens (tertiary/aromatic N) is 2. The summed E-state index contributed by atoms with van der Waals surface area (Å²) in [4.78, 5) is 4.31. The zero-order valence-electron chi connectivity index (χ0n) is 11.2. The molecule has 4 nitrogen and oxygen atoms in total. The lowest BCUT2D eigenvalue weighted by Crippen LogP contribution is -2.35. The van der Waals surface area contributed by atoms with Crippen molar-refractivity contribution in [1.29, 1.82) is 0 Å². The largest absolute Gasteiger partial charge is 0.375 e. The van der Waals surface area contributed by atoms with Gasteiger partial charge in [-0.1, -0.05) is 0 Å². The molecule has 0 radical (unpaired) electrons. The second-order valence-corrected chi connectivity index (χ2v) is 5.73. The maximum atomic E-state index is 13.4. The molecule has 0 saturated carbocycles. The van der Waals surface area contributed by atoms with Crippen LogP contribution in [0, 0.1) is 5.82 Å². The minimum atomic E-state index is -0.264. The van der Waals surface area contributed by atoms with Crippen molar-refractivity contribution in [3.63, 3.8) is 0 Å². The predicted octanol–water partition coefficient (Wildman–Crippen LogP) is 2.89. The molecule has 2 N–H and O–H groups in total. The first-order valence-corrected chi connectivity index (χ1v) is 6.53. The Kier molecular flexibility index (Phi) is 2.74. The zero-order valence-corrected chi connectivity index (χ0v) is 11.2. The fraction of sp³-hybridized carbons (Fsp3) is 0.500. The van der Waals surface area contributed by atoms with Crippen LogP contribution in [-0.4, -0.2) is 21.8 Å². The Balaban J connectivity index is 2.08. The maximum Gasteiger partial charge on any atom is 0.201 e. The highest BCUT2D eigenvalue weighted by Gasteiger charge is 2.31. The molecule has 1 unspecified atom stereocenters. The van der Waals surface area contributed by atoms with Crippen molar-refractivity contribution in [1.82, 2.24) is 9.55 Å². The van der Waals surface area contributed by atoms with Crippen LogP contribution in [0.1, 0.15) is 32.7 Å². The minimum Gasteiger partial charge on any atom is -0.375 e. The van der Waals surface area contributed by atoms with E-state index < -0.39 is 0 Å². The summed E-state index contributed by atoms with van der Waals surface area (Å²) in [5.74, 6) is 0.184. The Morgan fingerprint density at radius 2 is 2.26 bits per heavy atom. The highest BCUT2D eigenvalue weighted by molar-refractivity contribution is 5.78. The number of anilines is 1. The number of benzene rings is 1. The summed E-state index contributed by atoms with van der Waals surface area (Å²) in [6, 6.07) is 4.78. The van der Waals surface area contributed by atoms with Gasteiger partial charge in [-0.3, -0.25) is 0 Å². The SMILES string of the molecule is CC1(C)CC(n2c(N)nc3ccc(F)cc32)CCO1. The first kappa shape index (κ1) is 12.4. The van der Waals surface area contributed by atoms with E-state index in [0.29, 0.717) is 12.6 Å². The van der Waals surface area contributed by atoms with Gasteiger partial charge in [0.15, 0.2) is 0 Å². The number of ether oxygens (including phenoxy) is 1. The molecule has 0 spiro atoms. The fourth-order valence-electron chi connectivity index (χ4n) is 2.89. The van der Waals surface area contributed by atoms with Crippen LogP contribution < -0.4 is 5.73 Å². The molecule has 3 rings (SSSR count). The van der Waals surface area contributed by atoms with Crippen LogP contribution in [-0.2, 0) is 4.74 Å². The molecular formula is C14H18FN3O. The van der Waals surface area contributed by atoms with E-state index >= 15 is 0 Å². The van der Waals surface area contributed by atoms with Gasteiger partial charge in [-0.15, -0.1) is 0 Å². The Morgan fingerprint density at radius 1 is 1.47 bits per heavy atom. The average Bonchev–Trinajstić information content (AvgIpc) is 2.63. The molecule has 1 fully saturated rings. The Morgan fingerprint density at radius 3 is 3.00 bits per heavy atom. The monoisotopic (exact) mass is 263 g/mol. The lowest BCUT2D eigenvalue weighted by atomic mass is 9.93. The van der Waals surface area contributed by atoms with Crippen LogP contribution in [0.4, 0.5) is 10.3 Å². The van der Waals surface area contributed by atoms with Crippen molar-refractivity contribution in [2.24, 2.45) is 0 Å².